The van der Waals surface area contributed by atoms with Gasteiger partial charge in [-0.25, -0.2) is 4.98 Å². The lowest BCUT2D eigenvalue weighted by atomic mass is 10.1. The van der Waals surface area contributed by atoms with E-state index in [1.165, 1.54) is 33.1 Å². The molecule has 4 aromatic rings. The molecule has 0 radical (unpaired) electrons. The molecule has 0 bridgehead atoms. The van der Waals surface area contributed by atoms with Crippen LogP contribution in [0.1, 0.15) is 23.2 Å². The first-order valence-corrected chi connectivity index (χ1v) is 9.14. The highest BCUT2D eigenvalue weighted by Gasteiger charge is 2.10. The van der Waals surface area contributed by atoms with Crippen molar-refractivity contribution in [3.63, 3.8) is 0 Å². The van der Waals surface area contributed by atoms with E-state index in [4.69, 9.17) is 0 Å². The highest BCUT2D eigenvalue weighted by molar-refractivity contribution is 7.11. The first-order chi connectivity index (χ1) is 12.2. The van der Waals surface area contributed by atoms with E-state index in [0.29, 0.717) is 5.57 Å². The van der Waals surface area contributed by atoms with Crippen LogP contribution in [0.5, 0.6) is 0 Å². The Morgan fingerprint density at radius 1 is 1.20 bits per heavy atom. The SMILES string of the molecule is CCn1c2ccccc2c2cc(C=C(C#N)c3nc(C)cs3)ccc21. The number of nitriles is 1. The van der Waals surface area contributed by atoms with Crippen LogP contribution < -0.4 is 0 Å². The van der Waals surface area contributed by atoms with Gasteiger partial charge in [-0.15, -0.1) is 11.3 Å². The topological polar surface area (TPSA) is 41.6 Å². The number of rotatable bonds is 3. The molecule has 0 unspecified atom stereocenters. The summed E-state index contributed by atoms with van der Waals surface area (Å²) in [6.07, 6.45) is 1.93. The van der Waals surface area contributed by atoms with Crippen molar-refractivity contribution in [1.29, 1.82) is 5.26 Å². The Morgan fingerprint density at radius 3 is 2.72 bits per heavy atom. The van der Waals surface area contributed by atoms with Crippen molar-refractivity contribution < 1.29 is 0 Å². The maximum absolute atomic E-state index is 9.52. The van der Waals surface area contributed by atoms with Gasteiger partial charge in [0.15, 0.2) is 0 Å². The number of fused-ring (bicyclic) bond motifs is 3. The number of hydrogen-bond acceptors (Lipinski definition) is 3. The highest BCUT2D eigenvalue weighted by Crippen LogP contribution is 2.31. The molecule has 0 saturated carbocycles. The molecule has 3 nitrogen and oxygen atoms in total. The van der Waals surface area contributed by atoms with Crippen molar-refractivity contribution in [1.82, 2.24) is 9.55 Å². The fraction of sp³-hybridized carbons (Fsp3) is 0.143. The van der Waals surface area contributed by atoms with Gasteiger partial charge in [-0.05, 0) is 43.7 Å². The van der Waals surface area contributed by atoms with Crippen molar-refractivity contribution in [3.8, 4) is 6.07 Å². The van der Waals surface area contributed by atoms with E-state index in [-0.39, 0.29) is 0 Å². The lowest BCUT2D eigenvalue weighted by Gasteiger charge is -2.03. The normalized spacial score (nSPS) is 12.0. The first kappa shape index (κ1) is 15.6. The monoisotopic (exact) mass is 343 g/mol. The maximum Gasteiger partial charge on any atom is 0.134 e. The number of aryl methyl sites for hydroxylation is 2. The second-order valence-electron chi connectivity index (χ2n) is 6.00. The second kappa shape index (κ2) is 6.19. The molecule has 0 atom stereocenters. The second-order valence-corrected chi connectivity index (χ2v) is 6.86. The number of thiazole rings is 1. The van der Waals surface area contributed by atoms with Gasteiger partial charge in [0, 0.05) is 39.4 Å². The molecule has 0 aliphatic heterocycles. The van der Waals surface area contributed by atoms with Crippen molar-refractivity contribution >= 4 is 44.8 Å². The van der Waals surface area contributed by atoms with E-state index in [9.17, 15) is 5.26 Å². The number of nitrogens with zero attached hydrogens (tertiary/aromatic N) is 3. The number of allylic oxidation sites excluding steroid dienone is 1. The molecule has 4 heteroatoms. The Hall–Kier alpha value is -2.90. The quantitative estimate of drug-likeness (QED) is 0.451. The zero-order valence-corrected chi connectivity index (χ0v) is 15.0. The maximum atomic E-state index is 9.52. The smallest absolute Gasteiger partial charge is 0.134 e. The number of aromatic nitrogens is 2. The fourth-order valence-electron chi connectivity index (χ4n) is 3.29. The van der Waals surface area contributed by atoms with Gasteiger partial charge in [0.2, 0.25) is 0 Å². The summed E-state index contributed by atoms with van der Waals surface area (Å²) in [5.74, 6) is 0. The third-order valence-corrected chi connectivity index (χ3v) is 5.39. The van der Waals surface area contributed by atoms with Crippen LogP contribution in [0, 0.1) is 18.3 Å². The molecule has 0 aliphatic rings. The molecule has 0 aliphatic carbocycles. The summed E-state index contributed by atoms with van der Waals surface area (Å²) >= 11 is 1.51. The average Bonchev–Trinajstić information content (AvgIpc) is 3.20. The summed E-state index contributed by atoms with van der Waals surface area (Å²) in [4.78, 5) is 4.43. The number of hydrogen-bond donors (Lipinski definition) is 0. The van der Waals surface area contributed by atoms with Crippen molar-refractivity contribution in [3.05, 3.63) is 64.1 Å². The van der Waals surface area contributed by atoms with Crippen molar-refractivity contribution in [2.24, 2.45) is 0 Å². The van der Waals surface area contributed by atoms with Crippen LogP contribution >= 0.6 is 11.3 Å². The molecule has 2 aromatic heterocycles. The molecular weight excluding hydrogens is 326 g/mol. The minimum atomic E-state index is 0.608. The molecular formula is C21H17N3S. The van der Waals surface area contributed by atoms with Gasteiger partial charge < -0.3 is 4.57 Å². The van der Waals surface area contributed by atoms with Crippen LogP contribution in [0.4, 0.5) is 0 Å². The van der Waals surface area contributed by atoms with Gasteiger partial charge in [0.05, 0.1) is 5.57 Å². The number of benzene rings is 2. The minimum absolute atomic E-state index is 0.608. The van der Waals surface area contributed by atoms with Crippen molar-refractivity contribution in [2.45, 2.75) is 20.4 Å². The average molecular weight is 343 g/mol. The van der Waals surface area contributed by atoms with E-state index in [1.807, 2.05) is 18.4 Å². The van der Waals surface area contributed by atoms with E-state index in [2.05, 4.69) is 65.0 Å². The predicted molar refractivity (Wildman–Crippen MR) is 105 cm³/mol. The zero-order valence-electron chi connectivity index (χ0n) is 14.2. The Bertz CT molecular complexity index is 1160. The summed E-state index contributed by atoms with van der Waals surface area (Å²) in [7, 11) is 0. The molecule has 4 rings (SSSR count). The summed E-state index contributed by atoms with van der Waals surface area (Å²) < 4.78 is 2.33. The van der Waals surface area contributed by atoms with Gasteiger partial charge in [-0.3, -0.25) is 0 Å². The molecule has 2 heterocycles. The zero-order chi connectivity index (χ0) is 17.4. The van der Waals surface area contributed by atoms with Crippen LogP contribution in [0.2, 0.25) is 0 Å². The van der Waals surface area contributed by atoms with Crippen LogP contribution in [0.25, 0.3) is 33.5 Å². The Kier molecular flexibility index (Phi) is 3.87. The highest BCUT2D eigenvalue weighted by atomic mass is 32.1. The van der Waals surface area contributed by atoms with Gasteiger partial charge >= 0.3 is 0 Å². The van der Waals surface area contributed by atoms with E-state index in [0.717, 1.165) is 22.8 Å². The predicted octanol–water partition coefficient (Wildman–Crippen LogP) is 5.64. The molecule has 0 fully saturated rings. The van der Waals surface area contributed by atoms with Crippen molar-refractivity contribution in [2.75, 3.05) is 0 Å². The lowest BCUT2D eigenvalue weighted by Crippen LogP contribution is -1.92. The summed E-state index contributed by atoms with van der Waals surface area (Å²) in [5.41, 5.74) is 5.05. The minimum Gasteiger partial charge on any atom is -0.341 e. The Morgan fingerprint density at radius 2 is 2.00 bits per heavy atom. The van der Waals surface area contributed by atoms with E-state index in [1.54, 1.807) is 0 Å². The summed E-state index contributed by atoms with van der Waals surface area (Å²) in [6, 6.07) is 17.1. The van der Waals surface area contributed by atoms with Crippen LogP contribution in [-0.2, 0) is 6.54 Å². The molecule has 0 amide bonds. The number of para-hydroxylation sites is 1. The van der Waals surface area contributed by atoms with Gasteiger partial charge in [0.1, 0.15) is 11.1 Å². The third-order valence-electron chi connectivity index (χ3n) is 4.39. The van der Waals surface area contributed by atoms with Crippen LogP contribution in [0.3, 0.4) is 0 Å². The molecule has 0 saturated heterocycles. The molecule has 0 N–H and O–H groups in total. The lowest BCUT2D eigenvalue weighted by molar-refractivity contribution is 0.827. The largest absolute Gasteiger partial charge is 0.341 e. The van der Waals surface area contributed by atoms with Gasteiger partial charge in [0.25, 0.3) is 0 Å². The van der Waals surface area contributed by atoms with Gasteiger partial charge in [-0.1, -0.05) is 24.3 Å². The molecule has 2 aromatic carbocycles. The standard InChI is InChI=1S/C21H17N3S/c1-3-24-19-7-5-4-6-17(19)18-11-15(8-9-20(18)24)10-16(12-22)21-23-14(2)13-25-21/h4-11,13H,3H2,1-2H3. The third kappa shape index (κ3) is 2.63. The van der Waals surface area contributed by atoms with Gasteiger partial charge in [-0.2, -0.15) is 5.26 Å². The Labute approximate surface area is 150 Å². The van der Waals surface area contributed by atoms with E-state index < -0.39 is 0 Å². The van der Waals surface area contributed by atoms with Crippen LogP contribution in [0.15, 0.2) is 47.8 Å². The first-order valence-electron chi connectivity index (χ1n) is 8.26. The molecule has 122 valence electrons. The van der Waals surface area contributed by atoms with Crippen LogP contribution in [-0.4, -0.2) is 9.55 Å². The summed E-state index contributed by atoms with van der Waals surface area (Å²) in [6.45, 7) is 5.04. The molecule has 25 heavy (non-hydrogen) atoms. The molecule has 0 spiro atoms. The Balaban J connectivity index is 1.91. The fourth-order valence-corrected chi connectivity index (χ4v) is 4.05. The van der Waals surface area contributed by atoms with E-state index >= 15 is 0 Å². The summed E-state index contributed by atoms with van der Waals surface area (Å²) in [5, 5.41) is 14.7.